The van der Waals surface area contributed by atoms with Crippen molar-refractivity contribution in [3.8, 4) is 0 Å². The molecular formula is C12H30N4Si. The number of nitrogens with one attached hydrogen (secondary N) is 4. The van der Waals surface area contributed by atoms with Crippen molar-refractivity contribution in [3.63, 3.8) is 0 Å². The Kier molecular flexibility index (Phi) is 5.59. The van der Waals surface area contributed by atoms with Crippen LogP contribution in [0.3, 0.4) is 0 Å². The third kappa shape index (κ3) is 2.90. The lowest BCUT2D eigenvalue weighted by Gasteiger charge is -2.54. The Hall–Kier alpha value is 0.0569. The monoisotopic (exact) mass is 258 g/mol. The lowest BCUT2D eigenvalue weighted by atomic mass is 9.78. The van der Waals surface area contributed by atoms with Crippen LogP contribution in [0.4, 0.5) is 0 Å². The number of hydrogen-bond donors (Lipinski definition) is 4. The molecule has 1 fully saturated rings. The molecule has 1 saturated carbocycles. The molecule has 0 aromatic heterocycles. The third-order valence-corrected chi connectivity index (χ3v) is 5.03. The zero-order valence-corrected chi connectivity index (χ0v) is 14.1. The van der Waals surface area contributed by atoms with Gasteiger partial charge in [-0.25, -0.2) is 0 Å². The smallest absolute Gasteiger partial charge is 0.0999 e. The summed E-state index contributed by atoms with van der Waals surface area (Å²) in [5.74, 6) is 0.676. The Morgan fingerprint density at radius 1 is 1.06 bits per heavy atom. The molecular weight excluding hydrogens is 228 g/mol. The molecule has 1 unspecified atom stereocenters. The second-order valence-electron chi connectivity index (χ2n) is 5.54. The summed E-state index contributed by atoms with van der Waals surface area (Å²) in [6.07, 6.45) is 4.94. The Morgan fingerprint density at radius 3 is 2.00 bits per heavy atom. The molecule has 1 aliphatic rings. The van der Waals surface area contributed by atoms with E-state index >= 15 is 0 Å². The van der Waals surface area contributed by atoms with Gasteiger partial charge in [-0.1, -0.05) is 26.7 Å². The van der Waals surface area contributed by atoms with Gasteiger partial charge in [0, 0.05) is 0 Å². The van der Waals surface area contributed by atoms with E-state index in [0.717, 1.165) is 16.9 Å². The van der Waals surface area contributed by atoms with Crippen molar-refractivity contribution in [2.45, 2.75) is 50.9 Å². The predicted molar refractivity (Wildman–Crippen MR) is 78.0 cm³/mol. The fourth-order valence-corrected chi connectivity index (χ4v) is 3.91. The number of likely N-dealkylation sites (N-methyl/N-ethyl adjacent to an activating group) is 2. The molecule has 102 valence electrons. The fourth-order valence-electron chi connectivity index (χ4n) is 3.05. The quantitative estimate of drug-likeness (QED) is 0.384. The predicted octanol–water partition coefficient (Wildman–Crippen LogP) is -0.493. The Morgan fingerprint density at radius 2 is 1.59 bits per heavy atom. The zero-order chi connectivity index (χ0) is 12.9. The molecule has 17 heavy (non-hydrogen) atoms. The van der Waals surface area contributed by atoms with E-state index in [1.54, 1.807) is 0 Å². The molecule has 0 aromatic carbocycles. The molecule has 5 heteroatoms. The van der Waals surface area contributed by atoms with Crippen molar-refractivity contribution in [2.75, 3.05) is 20.6 Å². The minimum absolute atomic E-state index is 0.00520. The molecule has 4 N–H and O–H groups in total. The summed E-state index contributed by atoms with van der Waals surface area (Å²) in [5.41, 5.74) is -0.0207. The molecule has 4 nitrogen and oxygen atoms in total. The van der Waals surface area contributed by atoms with E-state index in [-0.39, 0.29) is 11.3 Å². The topological polar surface area (TPSA) is 48.1 Å². The summed E-state index contributed by atoms with van der Waals surface area (Å²) in [6.45, 7) is 5.58. The number of rotatable bonds is 6. The zero-order valence-electron chi connectivity index (χ0n) is 12.1. The second-order valence-corrected chi connectivity index (χ2v) is 6.04. The summed E-state index contributed by atoms with van der Waals surface area (Å²) in [4.78, 5) is 3.67. The van der Waals surface area contributed by atoms with Crippen LogP contribution in [0.15, 0.2) is 0 Å². The highest BCUT2D eigenvalue weighted by Gasteiger charge is 2.49. The van der Waals surface area contributed by atoms with Crippen LogP contribution in [0.25, 0.3) is 0 Å². The minimum atomic E-state index is -0.0259. The molecule has 0 bridgehead atoms. The first kappa shape index (κ1) is 15.1. The van der Waals surface area contributed by atoms with Crippen molar-refractivity contribution in [1.29, 1.82) is 0 Å². The molecule has 1 aliphatic carbocycles. The van der Waals surface area contributed by atoms with E-state index in [1.807, 2.05) is 0 Å². The second kappa shape index (κ2) is 6.29. The molecule has 0 amide bonds. The van der Waals surface area contributed by atoms with Gasteiger partial charge >= 0.3 is 0 Å². The van der Waals surface area contributed by atoms with E-state index in [1.165, 1.54) is 25.7 Å². The molecule has 0 heterocycles. The highest BCUT2D eigenvalue weighted by molar-refractivity contribution is 6.05. The molecule has 1 atom stereocenters. The highest BCUT2D eigenvalue weighted by Crippen LogP contribution is 2.33. The van der Waals surface area contributed by atoms with E-state index in [9.17, 15) is 0 Å². The van der Waals surface area contributed by atoms with Crippen molar-refractivity contribution in [2.24, 2.45) is 5.92 Å². The first-order valence-corrected chi connectivity index (χ1v) is 7.87. The maximum atomic E-state index is 3.78. The largest absolute Gasteiger partial charge is 0.326 e. The van der Waals surface area contributed by atoms with E-state index in [0.29, 0.717) is 5.92 Å². The van der Waals surface area contributed by atoms with Crippen LogP contribution < -0.4 is 20.9 Å². The first-order chi connectivity index (χ1) is 8.06. The van der Waals surface area contributed by atoms with Crippen LogP contribution in [0, 0.1) is 5.92 Å². The van der Waals surface area contributed by atoms with E-state index < -0.39 is 0 Å². The summed E-state index contributed by atoms with van der Waals surface area (Å²) in [7, 11) is 5.13. The lowest BCUT2D eigenvalue weighted by Crippen LogP contribution is -2.80. The van der Waals surface area contributed by atoms with Crippen LogP contribution in [-0.2, 0) is 0 Å². The molecule has 0 aliphatic heterocycles. The van der Waals surface area contributed by atoms with Crippen molar-refractivity contribution >= 4 is 10.4 Å². The normalized spacial score (nSPS) is 28.8. The Bertz CT molecular complexity index is 231. The molecule has 0 saturated heterocycles. The van der Waals surface area contributed by atoms with Gasteiger partial charge in [0.05, 0.1) is 21.7 Å². The summed E-state index contributed by atoms with van der Waals surface area (Å²) in [6, 6.07) is 0. The van der Waals surface area contributed by atoms with Gasteiger partial charge in [-0.3, -0.25) is 16.0 Å². The molecule has 0 spiro atoms. The van der Waals surface area contributed by atoms with Gasteiger partial charge in [-0.2, -0.15) is 0 Å². The fraction of sp³-hybridized carbons (Fsp3) is 1.00. The van der Waals surface area contributed by atoms with Crippen LogP contribution in [0.2, 0.25) is 0 Å². The van der Waals surface area contributed by atoms with Gasteiger partial charge in [0.15, 0.2) is 0 Å². The highest BCUT2D eigenvalue weighted by atomic mass is 28.2. The summed E-state index contributed by atoms with van der Waals surface area (Å²) in [5, 5.41) is 10.8. The van der Waals surface area contributed by atoms with Gasteiger partial charge in [0.1, 0.15) is 0 Å². The summed E-state index contributed by atoms with van der Waals surface area (Å²) >= 11 is 0. The van der Waals surface area contributed by atoms with E-state index in [2.05, 4.69) is 48.9 Å². The lowest BCUT2D eigenvalue weighted by molar-refractivity contribution is 0.0434. The van der Waals surface area contributed by atoms with Crippen molar-refractivity contribution in [1.82, 2.24) is 20.9 Å². The van der Waals surface area contributed by atoms with Gasteiger partial charge in [-0.15, -0.1) is 0 Å². The van der Waals surface area contributed by atoms with Crippen molar-refractivity contribution < 1.29 is 0 Å². The van der Waals surface area contributed by atoms with Crippen LogP contribution in [0.5, 0.6) is 0 Å². The van der Waals surface area contributed by atoms with Gasteiger partial charge in [0.2, 0.25) is 0 Å². The maximum absolute atomic E-state index is 3.78. The average molecular weight is 258 g/mol. The van der Waals surface area contributed by atoms with Gasteiger partial charge in [0.25, 0.3) is 0 Å². The standard InChI is InChI=1S/C12H30N4Si/c1-10(2)9-15-12(16-17)8-6-5-7-11(12,13-3)14-4/h10,13-16H,5-9H2,1-4,17H3. The molecule has 0 aromatic rings. The summed E-state index contributed by atoms with van der Waals surface area (Å²) < 4.78 is 0. The average Bonchev–Trinajstić information content (AvgIpc) is 2.36. The molecule has 1 rings (SSSR count). The SMILES string of the molecule is CNC1(NC)CCCCC1(N[SiH3])NCC(C)C. The Balaban J connectivity index is 2.89. The van der Waals surface area contributed by atoms with Gasteiger partial charge in [-0.05, 0) is 39.4 Å². The maximum Gasteiger partial charge on any atom is 0.0999 e. The molecule has 0 radical (unpaired) electrons. The first-order valence-electron chi connectivity index (χ1n) is 6.87. The third-order valence-electron chi connectivity index (χ3n) is 4.17. The number of hydrogen-bond acceptors (Lipinski definition) is 4. The van der Waals surface area contributed by atoms with Crippen LogP contribution >= 0.6 is 0 Å². The minimum Gasteiger partial charge on any atom is -0.326 e. The Labute approximate surface area is 109 Å². The van der Waals surface area contributed by atoms with Gasteiger partial charge < -0.3 is 4.98 Å². The van der Waals surface area contributed by atoms with Crippen LogP contribution in [-0.4, -0.2) is 42.4 Å². The van der Waals surface area contributed by atoms with Crippen molar-refractivity contribution in [3.05, 3.63) is 0 Å². The van der Waals surface area contributed by atoms with Crippen LogP contribution in [0.1, 0.15) is 39.5 Å². The van der Waals surface area contributed by atoms with E-state index in [4.69, 9.17) is 0 Å².